The monoisotopic (exact) mass is 162 g/mol. The van der Waals surface area contributed by atoms with E-state index in [-0.39, 0.29) is 6.54 Å². The van der Waals surface area contributed by atoms with Gasteiger partial charge in [0, 0.05) is 10.7 Å². The van der Waals surface area contributed by atoms with Gasteiger partial charge in [-0.2, -0.15) is 0 Å². The molecule has 58 valence electrons. The van der Waals surface area contributed by atoms with E-state index < -0.39 is 10.3 Å². The Kier molecular flexibility index (Phi) is 4.96. The van der Waals surface area contributed by atoms with Gasteiger partial charge in [-0.15, -0.1) is 18.3 Å². The molecule has 1 atom stereocenters. The fourth-order valence-corrected chi connectivity index (χ4v) is 1.00. The highest BCUT2D eigenvalue weighted by molar-refractivity contribution is 8.00. The van der Waals surface area contributed by atoms with E-state index in [4.69, 9.17) is 5.73 Å². The van der Waals surface area contributed by atoms with Crippen LogP contribution in [0.15, 0.2) is 12.7 Å². The van der Waals surface area contributed by atoms with E-state index >= 15 is 0 Å². The highest BCUT2D eigenvalue weighted by Crippen LogP contribution is 2.04. The van der Waals surface area contributed by atoms with Gasteiger partial charge in [-0.25, -0.2) is 0 Å². The van der Waals surface area contributed by atoms with Gasteiger partial charge in [0.05, 0.1) is 0 Å². The zero-order valence-electron chi connectivity index (χ0n) is 5.53. The van der Waals surface area contributed by atoms with E-state index in [1.54, 1.807) is 6.08 Å². The van der Waals surface area contributed by atoms with Crippen LogP contribution in [0.5, 0.6) is 0 Å². The first-order chi connectivity index (χ1) is 4.66. The molecule has 0 fully saturated rings. The molecule has 0 aliphatic carbocycles. The van der Waals surface area contributed by atoms with Crippen molar-refractivity contribution in [1.29, 1.82) is 0 Å². The molecule has 5 heteroatoms. The summed E-state index contributed by atoms with van der Waals surface area (Å²) in [5.74, 6) is 0.662. The molecule has 0 amide bonds. The Hall–Kier alpha value is -0.550. The minimum Gasteiger partial charge on any atom is -0.314 e. The van der Waals surface area contributed by atoms with Crippen molar-refractivity contribution >= 4 is 11.8 Å². The van der Waals surface area contributed by atoms with E-state index in [0.29, 0.717) is 5.75 Å². The normalized spacial score (nSPS) is 12.5. The molecule has 0 aliphatic rings. The Morgan fingerprint density at radius 1 is 1.90 bits per heavy atom. The Morgan fingerprint density at radius 3 is 2.90 bits per heavy atom. The van der Waals surface area contributed by atoms with Gasteiger partial charge in [-0.05, 0) is 0 Å². The maximum absolute atomic E-state index is 9.86. The smallest absolute Gasteiger partial charge is 0.228 e. The maximum Gasteiger partial charge on any atom is 0.228 e. The van der Waals surface area contributed by atoms with Crippen LogP contribution in [0.25, 0.3) is 0 Å². The fraction of sp³-hybridized carbons (Fsp3) is 0.600. The van der Waals surface area contributed by atoms with Crippen molar-refractivity contribution in [2.45, 2.75) is 5.37 Å². The van der Waals surface area contributed by atoms with E-state index in [1.807, 2.05) is 0 Å². The van der Waals surface area contributed by atoms with Gasteiger partial charge in [-0.1, -0.05) is 6.08 Å². The summed E-state index contributed by atoms with van der Waals surface area (Å²) < 4.78 is 0. The van der Waals surface area contributed by atoms with Crippen molar-refractivity contribution in [2.24, 2.45) is 5.73 Å². The molecule has 0 radical (unpaired) electrons. The number of nitrogens with zero attached hydrogens (tertiary/aromatic N) is 1. The zero-order chi connectivity index (χ0) is 7.98. The van der Waals surface area contributed by atoms with Crippen LogP contribution in [-0.4, -0.2) is 22.6 Å². The van der Waals surface area contributed by atoms with Crippen molar-refractivity contribution in [3.05, 3.63) is 22.8 Å². The summed E-state index contributed by atoms with van der Waals surface area (Å²) in [6.07, 6.45) is 1.67. The van der Waals surface area contributed by atoms with E-state index in [0.717, 1.165) is 0 Å². The summed E-state index contributed by atoms with van der Waals surface area (Å²) in [5, 5.41) is 9.45. The number of rotatable bonds is 5. The van der Waals surface area contributed by atoms with E-state index in [9.17, 15) is 10.1 Å². The second kappa shape index (κ2) is 5.25. The average molecular weight is 162 g/mol. The largest absolute Gasteiger partial charge is 0.314 e. The lowest BCUT2D eigenvalue weighted by Gasteiger charge is -2.02. The first kappa shape index (κ1) is 9.45. The summed E-state index contributed by atoms with van der Waals surface area (Å²) in [5.41, 5.74) is 5.33. The quantitative estimate of drug-likeness (QED) is 0.276. The van der Waals surface area contributed by atoms with E-state index in [1.165, 1.54) is 11.8 Å². The first-order valence-electron chi connectivity index (χ1n) is 2.76. The number of nitro groups is 1. The molecule has 0 bridgehead atoms. The van der Waals surface area contributed by atoms with E-state index in [2.05, 4.69) is 6.58 Å². The van der Waals surface area contributed by atoms with Crippen LogP contribution < -0.4 is 5.73 Å². The third-order valence-electron chi connectivity index (χ3n) is 0.757. The van der Waals surface area contributed by atoms with Crippen molar-refractivity contribution in [2.75, 3.05) is 12.3 Å². The van der Waals surface area contributed by atoms with Crippen LogP contribution in [0.1, 0.15) is 0 Å². The molecule has 0 rings (SSSR count). The fourth-order valence-electron chi connectivity index (χ4n) is 0.391. The average Bonchev–Trinajstić information content (AvgIpc) is 1.82. The van der Waals surface area contributed by atoms with Crippen molar-refractivity contribution in [3.8, 4) is 0 Å². The minimum atomic E-state index is -0.416. The minimum absolute atomic E-state index is 0.182. The van der Waals surface area contributed by atoms with Gasteiger partial charge in [0.15, 0.2) is 0 Å². The van der Waals surface area contributed by atoms with Crippen LogP contribution >= 0.6 is 11.8 Å². The van der Waals surface area contributed by atoms with Gasteiger partial charge in [0.2, 0.25) is 6.54 Å². The van der Waals surface area contributed by atoms with Crippen LogP contribution in [0.3, 0.4) is 0 Å². The predicted octanol–water partition coefficient (Wildman–Crippen LogP) is 0.467. The molecular formula is C5H10N2O2S. The van der Waals surface area contributed by atoms with Crippen LogP contribution in [-0.2, 0) is 0 Å². The number of thioether (sulfide) groups is 1. The number of nitrogens with two attached hydrogens (primary N) is 1. The molecule has 2 N–H and O–H groups in total. The second-order valence-corrected chi connectivity index (χ2v) is 2.95. The Bertz CT molecular complexity index is 129. The molecule has 10 heavy (non-hydrogen) atoms. The SMILES string of the molecule is C=CCSC(N)C[N+](=O)[O-]. The highest BCUT2D eigenvalue weighted by atomic mass is 32.2. The van der Waals surface area contributed by atoms with Crippen LogP contribution in [0.2, 0.25) is 0 Å². The zero-order valence-corrected chi connectivity index (χ0v) is 6.34. The maximum atomic E-state index is 9.86. The standard InChI is InChI=1S/C5H10N2O2S/c1-2-3-10-5(6)4-7(8)9/h2,5H,1,3-4,6H2. The Labute approximate surface area is 63.6 Å². The lowest BCUT2D eigenvalue weighted by atomic mass is 10.7. The van der Waals surface area contributed by atoms with Crippen LogP contribution in [0, 0.1) is 10.1 Å². The number of hydrogen-bond acceptors (Lipinski definition) is 4. The summed E-state index contributed by atoms with van der Waals surface area (Å²) in [7, 11) is 0. The number of hydrogen-bond donors (Lipinski definition) is 1. The van der Waals surface area contributed by atoms with Gasteiger partial charge in [-0.3, -0.25) is 10.1 Å². The lowest BCUT2D eigenvalue weighted by Crippen LogP contribution is -2.25. The van der Waals surface area contributed by atoms with Gasteiger partial charge >= 0.3 is 0 Å². The van der Waals surface area contributed by atoms with Gasteiger partial charge in [0.1, 0.15) is 5.37 Å². The Morgan fingerprint density at radius 2 is 2.50 bits per heavy atom. The summed E-state index contributed by atoms with van der Waals surface area (Å²) >= 11 is 1.32. The van der Waals surface area contributed by atoms with Crippen molar-refractivity contribution < 1.29 is 4.92 Å². The summed E-state index contributed by atoms with van der Waals surface area (Å²) in [4.78, 5) is 9.44. The highest BCUT2D eigenvalue weighted by Gasteiger charge is 2.07. The van der Waals surface area contributed by atoms with Crippen molar-refractivity contribution in [3.63, 3.8) is 0 Å². The second-order valence-electron chi connectivity index (χ2n) is 1.68. The molecule has 0 aromatic carbocycles. The summed E-state index contributed by atoms with van der Waals surface area (Å²) in [6.45, 7) is 3.28. The topological polar surface area (TPSA) is 69.2 Å². The molecular weight excluding hydrogens is 152 g/mol. The molecule has 0 aromatic heterocycles. The molecule has 4 nitrogen and oxygen atoms in total. The van der Waals surface area contributed by atoms with Gasteiger partial charge < -0.3 is 5.73 Å². The lowest BCUT2D eigenvalue weighted by molar-refractivity contribution is -0.478. The predicted molar refractivity (Wildman–Crippen MR) is 42.5 cm³/mol. The third kappa shape index (κ3) is 5.58. The third-order valence-corrected chi connectivity index (χ3v) is 1.76. The van der Waals surface area contributed by atoms with Crippen LogP contribution in [0.4, 0.5) is 0 Å². The molecule has 0 aliphatic heterocycles. The molecule has 0 saturated carbocycles. The molecule has 0 heterocycles. The molecule has 1 unspecified atom stereocenters. The molecule has 0 spiro atoms. The molecule has 0 saturated heterocycles. The van der Waals surface area contributed by atoms with Crippen molar-refractivity contribution in [1.82, 2.24) is 0 Å². The Balaban J connectivity index is 3.33. The first-order valence-corrected chi connectivity index (χ1v) is 3.81. The van der Waals surface area contributed by atoms with Gasteiger partial charge in [0.25, 0.3) is 0 Å². The molecule has 0 aromatic rings. The summed E-state index contributed by atoms with van der Waals surface area (Å²) in [6, 6.07) is 0.